The van der Waals surface area contributed by atoms with Gasteiger partial charge in [0, 0.05) is 11.3 Å². The molecule has 0 radical (unpaired) electrons. The summed E-state index contributed by atoms with van der Waals surface area (Å²) in [5.41, 5.74) is 1.38. The van der Waals surface area contributed by atoms with E-state index in [1.54, 1.807) is 48.5 Å². The van der Waals surface area contributed by atoms with Crippen LogP contribution < -0.4 is 14.8 Å². The Morgan fingerprint density at radius 2 is 1.52 bits per heavy atom. The zero-order chi connectivity index (χ0) is 23.8. The molecule has 0 aliphatic heterocycles. The van der Waals surface area contributed by atoms with Crippen LogP contribution >= 0.6 is 0 Å². The Morgan fingerprint density at radius 3 is 2.09 bits per heavy atom. The monoisotopic (exact) mass is 468 g/mol. The number of rotatable bonds is 9. The van der Waals surface area contributed by atoms with Gasteiger partial charge >= 0.3 is 5.97 Å². The lowest BCUT2D eigenvalue weighted by Crippen LogP contribution is -2.30. The Bertz CT molecular complexity index is 1190. The van der Waals surface area contributed by atoms with Crippen LogP contribution in [0.1, 0.15) is 28.4 Å². The number of methoxy groups -OCH3 is 2. The second-order valence-electron chi connectivity index (χ2n) is 7.08. The van der Waals surface area contributed by atoms with Crippen molar-refractivity contribution in [1.29, 1.82) is 0 Å². The molecule has 3 aromatic rings. The normalized spacial score (nSPS) is 11.8. The third-order valence-corrected chi connectivity index (χ3v) is 6.27. The molecule has 33 heavy (non-hydrogen) atoms. The summed E-state index contributed by atoms with van der Waals surface area (Å²) < 4.78 is 37.6. The third-order valence-electron chi connectivity index (χ3n) is 4.87. The van der Waals surface area contributed by atoms with Crippen LogP contribution in [0.15, 0.2) is 83.8 Å². The number of hydrogen-bond acceptors (Lipinski definition) is 6. The Hall–Kier alpha value is -3.85. The van der Waals surface area contributed by atoms with Gasteiger partial charge in [0.15, 0.2) is 0 Å². The van der Waals surface area contributed by atoms with Crippen LogP contribution in [0.2, 0.25) is 0 Å². The van der Waals surface area contributed by atoms with Gasteiger partial charge in [-0.1, -0.05) is 30.3 Å². The molecule has 9 heteroatoms. The first-order valence-corrected chi connectivity index (χ1v) is 11.5. The number of hydrogen-bond donors (Lipinski definition) is 2. The molecule has 8 nitrogen and oxygen atoms in total. The number of anilines is 1. The first-order valence-electron chi connectivity index (χ1n) is 10.0. The zero-order valence-corrected chi connectivity index (χ0v) is 19.0. The summed E-state index contributed by atoms with van der Waals surface area (Å²) >= 11 is 0. The summed E-state index contributed by atoms with van der Waals surface area (Å²) in [6, 6.07) is 20.4. The fraction of sp³-hybridized carbons (Fsp3) is 0.167. The number of nitrogens with one attached hydrogen (secondary N) is 2. The van der Waals surface area contributed by atoms with E-state index in [2.05, 4.69) is 10.0 Å². The number of esters is 1. The van der Waals surface area contributed by atoms with E-state index in [4.69, 9.17) is 9.47 Å². The van der Waals surface area contributed by atoms with E-state index >= 15 is 0 Å². The maximum atomic E-state index is 12.8. The average Bonchev–Trinajstić information content (AvgIpc) is 2.84. The van der Waals surface area contributed by atoms with Crippen molar-refractivity contribution in [2.45, 2.75) is 17.4 Å². The van der Waals surface area contributed by atoms with Gasteiger partial charge in [-0.2, -0.15) is 0 Å². The maximum Gasteiger partial charge on any atom is 0.307 e. The van der Waals surface area contributed by atoms with Crippen LogP contribution in [0.25, 0.3) is 0 Å². The van der Waals surface area contributed by atoms with Gasteiger partial charge < -0.3 is 14.8 Å². The van der Waals surface area contributed by atoms with Gasteiger partial charge in [-0.05, 0) is 54.1 Å². The molecule has 172 valence electrons. The van der Waals surface area contributed by atoms with E-state index in [0.29, 0.717) is 11.4 Å². The zero-order valence-electron chi connectivity index (χ0n) is 18.1. The second-order valence-corrected chi connectivity index (χ2v) is 8.76. The van der Waals surface area contributed by atoms with Crippen molar-refractivity contribution < 1.29 is 27.5 Å². The maximum absolute atomic E-state index is 12.8. The van der Waals surface area contributed by atoms with Gasteiger partial charge in [0.25, 0.3) is 15.9 Å². The van der Waals surface area contributed by atoms with E-state index in [-0.39, 0.29) is 16.9 Å². The Morgan fingerprint density at radius 1 is 0.879 bits per heavy atom. The molecule has 0 saturated heterocycles. The molecule has 0 aliphatic carbocycles. The van der Waals surface area contributed by atoms with Gasteiger partial charge in [-0.15, -0.1) is 0 Å². The van der Waals surface area contributed by atoms with Crippen molar-refractivity contribution in [3.05, 3.63) is 90.0 Å². The highest BCUT2D eigenvalue weighted by molar-refractivity contribution is 7.92. The molecule has 1 unspecified atom stereocenters. The summed E-state index contributed by atoms with van der Waals surface area (Å²) in [4.78, 5) is 24.6. The van der Waals surface area contributed by atoms with Crippen LogP contribution in [0.4, 0.5) is 5.69 Å². The molecule has 0 heterocycles. The van der Waals surface area contributed by atoms with Crippen LogP contribution in [0, 0.1) is 0 Å². The molecule has 0 spiro atoms. The molecular weight excluding hydrogens is 444 g/mol. The first-order chi connectivity index (χ1) is 15.8. The standard InChI is InChI=1S/C24H24N2O6S/c1-31-20-12-10-19(11-13-20)26-33(29,30)21-14-8-18(9-15-21)24(28)25-22(16-23(27)32-2)17-6-4-3-5-7-17/h3-15,22,26H,16H2,1-2H3,(H,25,28). The largest absolute Gasteiger partial charge is 0.497 e. The van der Waals surface area contributed by atoms with Crippen LogP contribution in [-0.4, -0.2) is 34.5 Å². The number of benzene rings is 3. The number of ether oxygens (including phenoxy) is 2. The van der Waals surface area contributed by atoms with E-state index in [9.17, 15) is 18.0 Å². The summed E-state index contributed by atoms with van der Waals surface area (Å²) in [6.07, 6.45) is -0.0372. The molecular formula is C24H24N2O6S. The lowest BCUT2D eigenvalue weighted by molar-refractivity contribution is -0.141. The quantitative estimate of drug-likeness (QED) is 0.465. The van der Waals surface area contributed by atoms with E-state index in [1.165, 1.54) is 38.5 Å². The molecule has 0 aliphatic rings. The second kappa shape index (κ2) is 10.6. The summed E-state index contributed by atoms with van der Waals surface area (Å²) in [5, 5.41) is 2.81. The fourth-order valence-electron chi connectivity index (χ4n) is 3.09. The van der Waals surface area contributed by atoms with Gasteiger partial charge in [-0.25, -0.2) is 8.42 Å². The van der Waals surface area contributed by atoms with E-state index in [0.717, 1.165) is 5.56 Å². The van der Waals surface area contributed by atoms with Crippen LogP contribution in [0.3, 0.4) is 0 Å². The molecule has 0 aromatic heterocycles. The molecule has 2 N–H and O–H groups in total. The molecule has 3 rings (SSSR count). The molecule has 0 bridgehead atoms. The number of carbonyl (C=O) groups is 2. The van der Waals surface area contributed by atoms with Crippen molar-refractivity contribution in [1.82, 2.24) is 5.32 Å². The van der Waals surface area contributed by atoms with Gasteiger partial charge in [0.1, 0.15) is 5.75 Å². The molecule has 1 amide bonds. The topological polar surface area (TPSA) is 111 Å². The SMILES string of the molecule is COC(=O)CC(NC(=O)c1ccc(S(=O)(=O)Nc2ccc(OC)cc2)cc1)c1ccccc1. The lowest BCUT2D eigenvalue weighted by Gasteiger charge is -2.18. The van der Waals surface area contributed by atoms with Crippen molar-refractivity contribution in [2.75, 3.05) is 18.9 Å². The predicted molar refractivity (Wildman–Crippen MR) is 124 cm³/mol. The highest BCUT2D eigenvalue weighted by Crippen LogP contribution is 2.21. The molecule has 1 atom stereocenters. The van der Waals surface area contributed by atoms with Crippen molar-refractivity contribution in [3.63, 3.8) is 0 Å². The number of sulfonamides is 1. The average molecular weight is 469 g/mol. The Balaban J connectivity index is 1.73. The van der Waals surface area contributed by atoms with E-state index in [1.807, 2.05) is 6.07 Å². The smallest absolute Gasteiger partial charge is 0.307 e. The highest BCUT2D eigenvalue weighted by atomic mass is 32.2. The first kappa shape index (κ1) is 23.8. The van der Waals surface area contributed by atoms with E-state index < -0.39 is 27.9 Å². The number of carbonyl (C=O) groups excluding carboxylic acids is 2. The lowest BCUT2D eigenvalue weighted by atomic mass is 10.0. The van der Waals surface area contributed by atoms with Crippen LogP contribution in [0.5, 0.6) is 5.75 Å². The summed E-state index contributed by atoms with van der Waals surface area (Å²) in [7, 11) is -1.04. The number of amides is 1. The predicted octanol–water partition coefficient (Wildman–Crippen LogP) is 3.53. The minimum atomic E-state index is -3.84. The molecule has 3 aromatic carbocycles. The minimum absolute atomic E-state index is 0.00374. The Labute approximate surface area is 192 Å². The Kier molecular flexibility index (Phi) is 7.68. The van der Waals surface area contributed by atoms with Crippen molar-refractivity contribution in [3.8, 4) is 5.75 Å². The highest BCUT2D eigenvalue weighted by Gasteiger charge is 2.20. The van der Waals surface area contributed by atoms with Crippen LogP contribution in [-0.2, 0) is 19.6 Å². The minimum Gasteiger partial charge on any atom is -0.497 e. The van der Waals surface area contributed by atoms with Crippen molar-refractivity contribution >= 4 is 27.6 Å². The molecule has 0 saturated carbocycles. The molecule has 0 fully saturated rings. The van der Waals surface area contributed by atoms with Gasteiger partial charge in [0.2, 0.25) is 0 Å². The third kappa shape index (κ3) is 6.33. The van der Waals surface area contributed by atoms with Gasteiger partial charge in [0.05, 0.1) is 31.6 Å². The van der Waals surface area contributed by atoms with Crippen molar-refractivity contribution in [2.24, 2.45) is 0 Å². The fourth-order valence-corrected chi connectivity index (χ4v) is 4.15. The summed E-state index contributed by atoms with van der Waals surface area (Å²) in [6.45, 7) is 0. The van der Waals surface area contributed by atoms with Gasteiger partial charge in [-0.3, -0.25) is 14.3 Å². The summed E-state index contributed by atoms with van der Waals surface area (Å²) in [5.74, 6) is -0.302.